The highest BCUT2D eigenvalue weighted by Gasteiger charge is 2.13. The molecule has 1 unspecified atom stereocenters. The van der Waals surface area contributed by atoms with E-state index in [1.807, 2.05) is 61.5 Å². The quantitative estimate of drug-likeness (QED) is 0.317. The van der Waals surface area contributed by atoms with Crippen LogP contribution in [0.25, 0.3) is 0 Å². The van der Waals surface area contributed by atoms with Crippen LogP contribution in [0.15, 0.2) is 91.1 Å². The summed E-state index contributed by atoms with van der Waals surface area (Å²) in [4.78, 5) is 22.6. The zero-order valence-corrected chi connectivity index (χ0v) is 18.5. The molecule has 0 radical (unpaired) electrons. The highest BCUT2D eigenvalue weighted by molar-refractivity contribution is 5.78. The summed E-state index contributed by atoms with van der Waals surface area (Å²) in [5.41, 5.74) is 3.65. The van der Waals surface area contributed by atoms with Crippen LogP contribution < -0.4 is 15.4 Å². The molecule has 3 aromatic carbocycles. The molecule has 0 fully saturated rings. The molecule has 2 N–H and O–H groups in total. The lowest BCUT2D eigenvalue weighted by Crippen LogP contribution is -2.32. The number of benzene rings is 3. The number of anilines is 1. The van der Waals surface area contributed by atoms with E-state index in [0.717, 1.165) is 16.8 Å². The third-order valence-corrected chi connectivity index (χ3v) is 5.04. The van der Waals surface area contributed by atoms with Crippen molar-refractivity contribution in [1.82, 2.24) is 5.32 Å². The number of hydrogen-bond donors (Lipinski definition) is 2. The predicted octanol–water partition coefficient (Wildman–Crippen LogP) is 5.09. The number of carbonyl (C=O) groups excluding carboxylic acids is 1. The number of nitrogens with zero attached hydrogens (tertiary/aromatic N) is 1. The summed E-state index contributed by atoms with van der Waals surface area (Å²) in [6.07, 6.45) is 0.690. The van der Waals surface area contributed by atoms with Gasteiger partial charge in [0, 0.05) is 29.4 Å². The van der Waals surface area contributed by atoms with Crippen LogP contribution in [-0.4, -0.2) is 17.4 Å². The minimum absolute atomic E-state index is 0.0134. The maximum absolute atomic E-state index is 12.4. The minimum atomic E-state index is -0.444. The minimum Gasteiger partial charge on any atom is -0.489 e. The molecule has 3 rings (SSSR count). The van der Waals surface area contributed by atoms with Crippen molar-refractivity contribution in [2.75, 3.05) is 11.9 Å². The van der Waals surface area contributed by atoms with E-state index in [-0.39, 0.29) is 17.5 Å². The van der Waals surface area contributed by atoms with Crippen molar-refractivity contribution in [1.29, 1.82) is 0 Å². The second kappa shape index (κ2) is 11.5. The van der Waals surface area contributed by atoms with Crippen LogP contribution in [0.2, 0.25) is 0 Å². The van der Waals surface area contributed by atoms with Crippen molar-refractivity contribution < 1.29 is 14.5 Å². The average molecular weight is 446 g/mol. The molecule has 7 nitrogen and oxygen atoms in total. The molecule has 0 bridgehead atoms. The number of ether oxygens (including phenoxy) is 1. The Kier molecular flexibility index (Phi) is 8.18. The summed E-state index contributed by atoms with van der Waals surface area (Å²) in [6, 6.07) is 23.6. The highest BCUT2D eigenvalue weighted by atomic mass is 16.6. The predicted molar refractivity (Wildman–Crippen MR) is 129 cm³/mol. The van der Waals surface area contributed by atoms with E-state index in [4.69, 9.17) is 4.74 Å². The van der Waals surface area contributed by atoms with Gasteiger partial charge in [0.15, 0.2) is 0 Å². The van der Waals surface area contributed by atoms with Crippen LogP contribution in [0, 0.1) is 16.0 Å². The summed E-state index contributed by atoms with van der Waals surface area (Å²) in [6.45, 7) is 6.58. The van der Waals surface area contributed by atoms with Gasteiger partial charge in [0.2, 0.25) is 5.91 Å². The van der Waals surface area contributed by atoms with Gasteiger partial charge in [0.05, 0.1) is 11.5 Å². The second-order valence-electron chi connectivity index (χ2n) is 7.77. The molecule has 0 spiro atoms. The van der Waals surface area contributed by atoms with Crippen LogP contribution in [0.3, 0.4) is 0 Å². The molecule has 0 aliphatic rings. The van der Waals surface area contributed by atoms with Gasteiger partial charge >= 0.3 is 0 Å². The molecule has 0 saturated heterocycles. The number of rotatable bonds is 11. The van der Waals surface area contributed by atoms with Crippen molar-refractivity contribution in [3.05, 3.63) is 112 Å². The molecular weight excluding hydrogens is 418 g/mol. The first kappa shape index (κ1) is 23.5. The van der Waals surface area contributed by atoms with Gasteiger partial charge in [-0.3, -0.25) is 14.9 Å². The first-order valence-corrected chi connectivity index (χ1v) is 10.6. The fourth-order valence-electron chi connectivity index (χ4n) is 3.19. The summed E-state index contributed by atoms with van der Waals surface area (Å²) in [7, 11) is 0. The summed E-state index contributed by atoms with van der Waals surface area (Å²) < 4.78 is 5.67. The van der Waals surface area contributed by atoms with E-state index >= 15 is 0 Å². The van der Waals surface area contributed by atoms with Crippen LogP contribution in [-0.2, 0) is 17.8 Å². The van der Waals surface area contributed by atoms with Gasteiger partial charge in [0.25, 0.3) is 5.69 Å². The Morgan fingerprint density at radius 2 is 1.67 bits per heavy atom. The lowest BCUT2D eigenvalue weighted by Gasteiger charge is -2.15. The Morgan fingerprint density at radius 3 is 2.30 bits per heavy atom. The fourth-order valence-corrected chi connectivity index (χ4v) is 3.19. The smallest absolute Gasteiger partial charge is 0.269 e. The Hall–Kier alpha value is -4.13. The van der Waals surface area contributed by atoms with Gasteiger partial charge in [0.1, 0.15) is 12.4 Å². The largest absolute Gasteiger partial charge is 0.489 e. The number of nitro groups is 1. The normalized spacial score (nSPS) is 11.3. The molecule has 3 aromatic rings. The Morgan fingerprint density at radius 1 is 1.00 bits per heavy atom. The molecule has 0 aliphatic carbocycles. The van der Waals surface area contributed by atoms with Crippen molar-refractivity contribution in [2.24, 2.45) is 5.92 Å². The number of hydrogen-bond acceptors (Lipinski definition) is 5. The number of non-ortho nitro benzene ring substituents is 1. The number of nitrogens with one attached hydrogen (secondary N) is 2. The van der Waals surface area contributed by atoms with E-state index < -0.39 is 4.92 Å². The number of carbonyl (C=O) groups is 1. The Balaban J connectivity index is 1.41. The monoisotopic (exact) mass is 445 g/mol. The van der Waals surface area contributed by atoms with E-state index in [1.54, 1.807) is 12.1 Å². The molecule has 0 saturated carbocycles. The molecule has 0 heterocycles. The van der Waals surface area contributed by atoms with Crippen LogP contribution in [0.4, 0.5) is 11.4 Å². The zero-order chi connectivity index (χ0) is 23.6. The first-order chi connectivity index (χ1) is 15.9. The molecule has 170 valence electrons. The fraction of sp³-hybridized carbons (Fsp3) is 0.192. The van der Waals surface area contributed by atoms with Crippen LogP contribution >= 0.6 is 0 Å². The molecule has 0 aliphatic heterocycles. The van der Waals surface area contributed by atoms with Gasteiger partial charge in [-0.1, -0.05) is 56.0 Å². The lowest BCUT2D eigenvalue weighted by molar-refractivity contribution is -0.384. The van der Waals surface area contributed by atoms with Gasteiger partial charge in [-0.05, 0) is 41.8 Å². The SMILES string of the molecule is C=C(CNC(=O)C(C)Cc1ccccc1)Nc1ccc(COc2ccc([N+](=O)[O-])cc2)cc1. The van der Waals surface area contributed by atoms with Gasteiger partial charge < -0.3 is 15.4 Å². The van der Waals surface area contributed by atoms with Gasteiger partial charge in [-0.25, -0.2) is 0 Å². The number of amides is 1. The maximum Gasteiger partial charge on any atom is 0.269 e. The van der Waals surface area contributed by atoms with E-state index in [1.165, 1.54) is 12.1 Å². The van der Waals surface area contributed by atoms with Crippen molar-refractivity contribution in [3.8, 4) is 5.75 Å². The van der Waals surface area contributed by atoms with Crippen molar-refractivity contribution >= 4 is 17.3 Å². The summed E-state index contributed by atoms with van der Waals surface area (Å²) >= 11 is 0. The van der Waals surface area contributed by atoms with Crippen LogP contribution in [0.1, 0.15) is 18.1 Å². The molecule has 1 amide bonds. The molecule has 33 heavy (non-hydrogen) atoms. The lowest BCUT2D eigenvalue weighted by atomic mass is 10.0. The maximum atomic E-state index is 12.4. The third-order valence-electron chi connectivity index (χ3n) is 5.04. The molecule has 7 heteroatoms. The summed E-state index contributed by atoms with van der Waals surface area (Å²) in [5, 5.41) is 16.8. The first-order valence-electron chi connectivity index (χ1n) is 10.6. The van der Waals surface area contributed by atoms with E-state index in [2.05, 4.69) is 17.2 Å². The molecular formula is C26H27N3O4. The van der Waals surface area contributed by atoms with Crippen LogP contribution in [0.5, 0.6) is 5.75 Å². The molecule has 0 aromatic heterocycles. The number of nitro benzene ring substituents is 1. The molecule has 1 atom stereocenters. The summed E-state index contributed by atoms with van der Waals surface area (Å²) in [5.74, 6) is 0.421. The Bertz CT molecular complexity index is 1080. The average Bonchev–Trinajstić information content (AvgIpc) is 2.83. The highest BCUT2D eigenvalue weighted by Crippen LogP contribution is 2.19. The van der Waals surface area contributed by atoms with Gasteiger partial charge in [-0.2, -0.15) is 0 Å². The standard InChI is InChI=1S/C26H27N3O4/c1-19(16-21-6-4-3-5-7-21)26(30)27-17-20(2)28-23-10-8-22(9-11-23)18-33-25-14-12-24(13-15-25)29(31)32/h3-15,19,28H,2,16-18H2,1H3,(H,27,30). The second-order valence-corrected chi connectivity index (χ2v) is 7.77. The van der Waals surface area contributed by atoms with Crippen molar-refractivity contribution in [3.63, 3.8) is 0 Å². The van der Waals surface area contributed by atoms with Crippen molar-refractivity contribution in [2.45, 2.75) is 20.0 Å². The third kappa shape index (κ3) is 7.50. The zero-order valence-electron chi connectivity index (χ0n) is 18.5. The van der Waals surface area contributed by atoms with E-state index in [9.17, 15) is 14.9 Å². The van der Waals surface area contributed by atoms with E-state index in [0.29, 0.717) is 31.0 Å². The topological polar surface area (TPSA) is 93.5 Å². The Labute approximate surface area is 193 Å². The van der Waals surface area contributed by atoms with Gasteiger partial charge in [-0.15, -0.1) is 0 Å².